The van der Waals surface area contributed by atoms with Gasteiger partial charge in [0, 0.05) is 41.0 Å². The highest BCUT2D eigenvalue weighted by Crippen LogP contribution is 2.37. The normalized spacial score (nSPS) is 13.2. The lowest BCUT2D eigenvalue weighted by atomic mass is 10.0. The fraction of sp³-hybridized carbons (Fsp3) is 0.160. The average molecular weight is 427 g/mol. The van der Waals surface area contributed by atoms with E-state index in [9.17, 15) is 14.4 Å². The van der Waals surface area contributed by atoms with Crippen LogP contribution in [0.25, 0.3) is 22.0 Å². The predicted octanol–water partition coefficient (Wildman–Crippen LogP) is 4.14. The van der Waals surface area contributed by atoms with E-state index in [1.165, 1.54) is 4.57 Å². The maximum Gasteiger partial charge on any atom is 0.274 e. The first-order valence-corrected chi connectivity index (χ1v) is 10.4. The number of carbonyl (C=O) groups is 2. The van der Waals surface area contributed by atoms with Gasteiger partial charge in [-0.1, -0.05) is 18.2 Å². The highest BCUT2D eigenvalue weighted by atomic mass is 16.5. The first kappa shape index (κ1) is 19.8. The second-order valence-electron chi connectivity index (χ2n) is 7.94. The number of fused-ring (bicyclic) bond motifs is 1. The Morgan fingerprint density at radius 3 is 2.59 bits per heavy atom. The minimum Gasteiger partial charge on any atom is -0.490 e. The molecule has 7 nitrogen and oxygen atoms in total. The van der Waals surface area contributed by atoms with E-state index >= 15 is 0 Å². The molecule has 0 aliphatic heterocycles. The number of aromatic amines is 1. The predicted molar refractivity (Wildman–Crippen MR) is 122 cm³/mol. The van der Waals surface area contributed by atoms with Crippen LogP contribution >= 0.6 is 0 Å². The molecule has 4 aromatic rings. The maximum absolute atomic E-state index is 12.9. The quantitative estimate of drug-likeness (QED) is 0.452. The molecule has 32 heavy (non-hydrogen) atoms. The van der Waals surface area contributed by atoms with Gasteiger partial charge in [-0.2, -0.15) is 0 Å². The number of para-hydroxylation sites is 1. The van der Waals surface area contributed by atoms with Crippen molar-refractivity contribution in [3.8, 4) is 16.9 Å². The van der Waals surface area contributed by atoms with Gasteiger partial charge >= 0.3 is 0 Å². The number of nitrogens with zero attached hydrogens (tertiary/aromatic N) is 1. The number of aldehydes is 1. The van der Waals surface area contributed by atoms with Crippen LogP contribution in [0.3, 0.4) is 0 Å². The lowest BCUT2D eigenvalue weighted by Crippen LogP contribution is -2.17. The number of hydrogen-bond donors (Lipinski definition) is 2. The minimum atomic E-state index is -0.379. The molecule has 0 unspecified atom stereocenters. The second-order valence-corrected chi connectivity index (χ2v) is 7.94. The van der Waals surface area contributed by atoms with Gasteiger partial charge in [-0.15, -0.1) is 0 Å². The third kappa shape index (κ3) is 3.69. The van der Waals surface area contributed by atoms with E-state index in [1.54, 1.807) is 43.6 Å². The highest BCUT2D eigenvalue weighted by molar-refractivity contribution is 6.08. The summed E-state index contributed by atoms with van der Waals surface area (Å²) < 4.78 is 7.58. The fourth-order valence-corrected chi connectivity index (χ4v) is 3.67. The van der Waals surface area contributed by atoms with Crippen LogP contribution in [0, 0.1) is 0 Å². The van der Waals surface area contributed by atoms with Crippen molar-refractivity contribution in [1.82, 2.24) is 9.55 Å². The monoisotopic (exact) mass is 427 g/mol. The van der Waals surface area contributed by atoms with Crippen LogP contribution < -0.4 is 15.6 Å². The molecule has 0 bridgehead atoms. The molecular formula is C25H21N3O4. The number of H-pyrrole nitrogens is 1. The molecule has 1 amide bonds. The topological polar surface area (TPSA) is 93.2 Å². The molecule has 2 aromatic heterocycles. The number of anilines is 1. The molecule has 1 saturated carbocycles. The Labute approximate surface area is 183 Å². The van der Waals surface area contributed by atoms with E-state index in [-0.39, 0.29) is 23.3 Å². The van der Waals surface area contributed by atoms with E-state index in [0.717, 1.165) is 36.0 Å². The number of carbonyl (C=O) groups excluding carboxylic acids is 2. The fourth-order valence-electron chi connectivity index (χ4n) is 3.67. The number of pyridine rings is 1. The Hall–Kier alpha value is -4.13. The number of amides is 1. The lowest BCUT2D eigenvalue weighted by molar-refractivity contribution is 0.102. The largest absolute Gasteiger partial charge is 0.490 e. The minimum absolute atomic E-state index is 0.223. The lowest BCUT2D eigenvalue weighted by Gasteiger charge is -2.12. The zero-order chi connectivity index (χ0) is 22.2. The van der Waals surface area contributed by atoms with Crippen molar-refractivity contribution in [2.75, 3.05) is 5.32 Å². The Bertz CT molecular complexity index is 1400. The van der Waals surface area contributed by atoms with Crippen LogP contribution in [0.4, 0.5) is 5.69 Å². The molecule has 0 spiro atoms. The van der Waals surface area contributed by atoms with Crippen LogP contribution in [-0.2, 0) is 7.05 Å². The van der Waals surface area contributed by atoms with Crippen molar-refractivity contribution in [2.45, 2.75) is 18.9 Å². The van der Waals surface area contributed by atoms with Crippen molar-refractivity contribution < 1.29 is 14.3 Å². The Morgan fingerprint density at radius 2 is 1.88 bits per heavy atom. The Kier molecular flexibility index (Phi) is 4.86. The van der Waals surface area contributed by atoms with Crippen LogP contribution in [-0.4, -0.2) is 27.8 Å². The number of aryl methyl sites for hydroxylation is 1. The van der Waals surface area contributed by atoms with Gasteiger partial charge in [0.2, 0.25) is 0 Å². The summed E-state index contributed by atoms with van der Waals surface area (Å²) >= 11 is 0. The average Bonchev–Trinajstić information content (AvgIpc) is 3.51. The molecule has 0 saturated heterocycles. The van der Waals surface area contributed by atoms with Crippen molar-refractivity contribution in [1.29, 1.82) is 0 Å². The smallest absolute Gasteiger partial charge is 0.274 e. The van der Waals surface area contributed by atoms with Crippen LogP contribution in [0.5, 0.6) is 5.75 Å². The molecule has 2 aromatic carbocycles. The van der Waals surface area contributed by atoms with E-state index in [1.807, 2.05) is 24.3 Å². The number of hydrogen-bond acceptors (Lipinski definition) is 4. The summed E-state index contributed by atoms with van der Waals surface area (Å²) in [5.41, 5.74) is 3.15. The summed E-state index contributed by atoms with van der Waals surface area (Å²) in [5.74, 6) is 0.382. The van der Waals surface area contributed by atoms with Gasteiger partial charge in [-0.25, -0.2) is 0 Å². The van der Waals surface area contributed by atoms with Gasteiger partial charge in [0.25, 0.3) is 11.5 Å². The van der Waals surface area contributed by atoms with Crippen molar-refractivity contribution >= 4 is 28.8 Å². The number of benzene rings is 2. The summed E-state index contributed by atoms with van der Waals surface area (Å²) in [6, 6.07) is 16.0. The van der Waals surface area contributed by atoms with Gasteiger partial charge in [0.05, 0.1) is 6.10 Å². The molecule has 0 radical (unpaired) electrons. The van der Waals surface area contributed by atoms with Crippen molar-refractivity contribution in [3.63, 3.8) is 0 Å². The summed E-state index contributed by atoms with van der Waals surface area (Å²) in [6.07, 6.45) is 4.83. The van der Waals surface area contributed by atoms with Gasteiger partial charge in [-0.05, 0) is 49.2 Å². The van der Waals surface area contributed by atoms with E-state index in [0.29, 0.717) is 22.2 Å². The maximum atomic E-state index is 12.9. The molecule has 160 valence electrons. The standard InChI is InChI=1S/C25H21N3O4/c1-28-13-20(18-4-2-3-5-22(18)32-17-10-11-17)19-12-21(27-23(19)25(28)31)24(30)26-16-8-6-15(14-29)7-9-16/h2-9,12-14,17,27H,10-11H2,1H3,(H,26,30). The summed E-state index contributed by atoms with van der Waals surface area (Å²) in [5, 5.41) is 3.44. The molecule has 1 fully saturated rings. The zero-order valence-electron chi connectivity index (χ0n) is 17.4. The summed E-state index contributed by atoms with van der Waals surface area (Å²) in [4.78, 5) is 39.5. The third-order valence-electron chi connectivity index (χ3n) is 5.51. The SMILES string of the molecule is Cn1cc(-c2ccccc2OC2CC2)c2cc(C(=O)Nc3ccc(C=O)cc3)[nH]c2c1=O. The number of nitrogens with one attached hydrogen (secondary N) is 2. The first-order valence-electron chi connectivity index (χ1n) is 10.4. The van der Waals surface area contributed by atoms with Gasteiger partial charge in [-0.3, -0.25) is 14.4 Å². The molecular weight excluding hydrogens is 406 g/mol. The van der Waals surface area contributed by atoms with Crippen molar-refractivity contribution in [2.24, 2.45) is 7.05 Å². The summed E-state index contributed by atoms with van der Waals surface area (Å²) in [6.45, 7) is 0. The third-order valence-corrected chi connectivity index (χ3v) is 5.51. The first-order chi connectivity index (χ1) is 15.5. The molecule has 2 heterocycles. The van der Waals surface area contributed by atoms with E-state index in [4.69, 9.17) is 4.74 Å². The van der Waals surface area contributed by atoms with E-state index in [2.05, 4.69) is 10.3 Å². The Morgan fingerprint density at radius 1 is 1.12 bits per heavy atom. The Balaban J connectivity index is 1.56. The molecule has 7 heteroatoms. The highest BCUT2D eigenvalue weighted by Gasteiger charge is 2.25. The van der Waals surface area contributed by atoms with Gasteiger partial charge in [0.15, 0.2) is 0 Å². The number of ether oxygens (including phenoxy) is 1. The summed E-state index contributed by atoms with van der Waals surface area (Å²) in [7, 11) is 1.69. The molecule has 0 atom stereocenters. The van der Waals surface area contributed by atoms with Crippen LogP contribution in [0.2, 0.25) is 0 Å². The molecule has 5 rings (SSSR count). The molecule has 1 aliphatic rings. The van der Waals surface area contributed by atoms with E-state index < -0.39 is 0 Å². The molecule has 1 aliphatic carbocycles. The van der Waals surface area contributed by atoms with Crippen LogP contribution in [0.15, 0.2) is 65.6 Å². The van der Waals surface area contributed by atoms with Crippen LogP contribution in [0.1, 0.15) is 33.7 Å². The number of aromatic nitrogens is 2. The molecule has 2 N–H and O–H groups in total. The van der Waals surface area contributed by atoms with Gasteiger partial charge < -0.3 is 19.6 Å². The second kappa shape index (κ2) is 7.85. The van der Waals surface area contributed by atoms with Crippen molar-refractivity contribution in [3.05, 3.63) is 82.4 Å². The van der Waals surface area contributed by atoms with Gasteiger partial charge in [0.1, 0.15) is 23.2 Å². The zero-order valence-corrected chi connectivity index (χ0v) is 17.4. The number of rotatable bonds is 6.